The first-order valence-electron chi connectivity index (χ1n) is 9.15. The van der Waals surface area contributed by atoms with Gasteiger partial charge in [0.25, 0.3) is 0 Å². The van der Waals surface area contributed by atoms with Crippen LogP contribution in [-0.4, -0.2) is 14.9 Å². The Kier molecular flexibility index (Phi) is 5.33. The second kappa shape index (κ2) is 7.48. The Morgan fingerprint density at radius 2 is 1.44 bits per heavy atom. The topological polar surface area (TPSA) is 18.5 Å². The summed E-state index contributed by atoms with van der Waals surface area (Å²) >= 11 is 0. The summed E-state index contributed by atoms with van der Waals surface area (Å²) in [5.74, 6) is 0.985. The van der Waals surface area contributed by atoms with Crippen LogP contribution in [0, 0.1) is 0 Å². The lowest BCUT2D eigenvalue weighted by atomic mass is 10.2. The third kappa shape index (κ3) is 3.66. The van der Waals surface area contributed by atoms with Gasteiger partial charge in [-0.15, -0.1) is 0 Å². The Morgan fingerprint density at radius 3 is 1.88 bits per heavy atom. The standard InChI is InChI=1S/C22H28O2Si/c1-22(2,3)25(20-13-6-4-7-14-20,21-15-8-5-9-16-21)24-18-19-12-10-11-17-23-19/h4-9,13-16,18H,10-12,17H2,1-3H3/b19-18+. The molecule has 0 aromatic heterocycles. The fourth-order valence-corrected chi connectivity index (χ4v) is 7.94. The van der Waals surface area contributed by atoms with E-state index in [1.54, 1.807) is 0 Å². The molecule has 2 aromatic rings. The van der Waals surface area contributed by atoms with Crippen molar-refractivity contribution in [2.45, 2.75) is 45.1 Å². The number of allylic oxidation sites excluding steroid dienone is 1. The summed E-state index contributed by atoms with van der Waals surface area (Å²) in [6, 6.07) is 21.4. The molecule has 0 saturated carbocycles. The minimum Gasteiger partial charge on any atom is -0.537 e. The van der Waals surface area contributed by atoms with Crippen molar-refractivity contribution >= 4 is 18.7 Å². The summed E-state index contributed by atoms with van der Waals surface area (Å²) in [5.41, 5.74) is 0. The number of ether oxygens (including phenoxy) is 1. The van der Waals surface area contributed by atoms with Crippen molar-refractivity contribution in [2.75, 3.05) is 6.61 Å². The van der Waals surface area contributed by atoms with Crippen molar-refractivity contribution in [3.8, 4) is 0 Å². The summed E-state index contributed by atoms with van der Waals surface area (Å²) in [5, 5.41) is 2.57. The molecular formula is C22H28O2Si. The summed E-state index contributed by atoms with van der Waals surface area (Å²) < 4.78 is 12.6. The minimum absolute atomic E-state index is 0.0125. The average molecular weight is 353 g/mol. The molecule has 0 spiro atoms. The quantitative estimate of drug-likeness (QED) is 0.591. The monoisotopic (exact) mass is 352 g/mol. The SMILES string of the molecule is CC(C)(C)[Si](O/C=C1\CCCCO1)(c1ccccc1)c1ccccc1. The highest BCUT2D eigenvalue weighted by molar-refractivity contribution is 6.99. The van der Waals surface area contributed by atoms with Crippen LogP contribution in [0.4, 0.5) is 0 Å². The third-order valence-corrected chi connectivity index (χ3v) is 9.77. The molecule has 2 aromatic carbocycles. The first kappa shape index (κ1) is 17.8. The van der Waals surface area contributed by atoms with Gasteiger partial charge in [0, 0.05) is 6.42 Å². The fraction of sp³-hybridized carbons (Fsp3) is 0.364. The predicted molar refractivity (Wildman–Crippen MR) is 107 cm³/mol. The Labute approximate surface area is 152 Å². The molecule has 1 aliphatic rings. The van der Waals surface area contributed by atoms with Gasteiger partial charge in [0.15, 0.2) is 0 Å². The molecule has 0 atom stereocenters. The van der Waals surface area contributed by atoms with E-state index in [-0.39, 0.29) is 5.04 Å². The predicted octanol–water partition coefficient (Wildman–Crippen LogP) is 4.60. The van der Waals surface area contributed by atoms with Gasteiger partial charge >= 0.3 is 8.32 Å². The number of hydrogen-bond donors (Lipinski definition) is 0. The van der Waals surface area contributed by atoms with Gasteiger partial charge in [-0.2, -0.15) is 0 Å². The zero-order chi connectivity index (χ0) is 17.8. The van der Waals surface area contributed by atoms with Crippen LogP contribution in [0.25, 0.3) is 0 Å². The second-order valence-electron chi connectivity index (χ2n) is 7.67. The Bertz CT molecular complexity index is 654. The lowest BCUT2D eigenvalue weighted by molar-refractivity contribution is 0.156. The smallest absolute Gasteiger partial charge is 0.319 e. The van der Waals surface area contributed by atoms with E-state index in [0.717, 1.165) is 25.2 Å². The van der Waals surface area contributed by atoms with Crippen molar-refractivity contribution in [1.29, 1.82) is 0 Å². The van der Waals surface area contributed by atoms with Crippen LogP contribution >= 0.6 is 0 Å². The zero-order valence-electron chi connectivity index (χ0n) is 15.5. The molecule has 3 rings (SSSR count). The summed E-state index contributed by atoms with van der Waals surface area (Å²) in [4.78, 5) is 0. The molecular weight excluding hydrogens is 324 g/mol. The summed E-state index contributed by atoms with van der Waals surface area (Å²) in [6.45, 7) is 7.67. The van der Waals surface area contributed by atoms with Gasteiger partial charge < -0.3 is 9.16 Å². The van der Waals surface area contributed by atoms with Crippen LogP contribution in [0.2, 0.25) is 5.04 Å². The van der Waals surface area contributed by atoms with Crippen molar-refractivity contribution in [3.05, 3.63) is 72.7 Å². The highest BCUT2D eigenvalue weighted by Gasteiger charge is 2.51. The van der Waals surface area contributed by atoms with Gasteiger partial charge in [0.05, 0.1) is 6.61 Å². The van der Waals surface area contributed by atoms with Crippen molar-refractivity contribution in [3.63, 3.8) is 0 Å². The van der Waals surface area contributed by atoms with E-state index in [0.29, 0.717) is 0 Å². The highest BCUT2D eigenvalue weighted by Crippen LogP contribution is 2.37. The van der Waals surface area contributed by atoms with Crippen LogP contribution in [0.3, 0.4) is 0 Å². The van der Waals surface area contributed by atoms with Crippen LogP contribution in [-0.2, 0) is 9.16 Å². The summed E-state index contributed by atoms with van der Waals surface area (Å²) in [7, 11) is -2.49. The van der Waals surface area contributed by atoms with Gasteiger partial charge in [-0.1, -0.05) is 81.4 Å². The lowest BCUT2D eigenvalue weighted by Gasteiger charge is -2.42. The molecule has 1 saturated heterocycles. The van der Waals surface area contributed by atoms with E-state index in [9.17, 15) is 0 Å². The maximum atomic E-state index is 6.76. The van der Waals surface area contributed by atoms with Gasteiger partial charge in [0.2, 0.25) is 0 Å². The summed E-state index contributed by atoms with van der Waals surface area (Å²) in [6.07, 6.45) is 5.20. The van der Waals surface area contributed by atoms with Gasteiger partial charge in [-0.3, -0.25) is 0 Å². The molecule has 3 heteroatoms. The maximum Gasteiger partial charge on any atom is 0.319 e. The largest absolute Gasteiger partial charge is 0.537 e. The fourth-order valence-electron chi connectivity index (χ4n) is 3.62. The van der Waals surface area contributed by atoms with E-state index in [1.165, 1.54) is 16.8 Å². The molecule has 0 radical (unpaired) electrons. The van der Waals surface area contributed by atoms with Crippen LogP contribution in [0.1, 0.15) is 40.0 Å². The molecule has 0 unspecified atom stereocenters. The van der Waals surface area contributed by atoms with E-state index < -0.39 is 8.32 Å². The molecule has 0 bridgehead atoms. The number of hydrogen-bond acceptors (Lipinski definition) is 2. The van der Waals surface area contributed by atoms with E-state index >= 15 is 0 Å². The molecule has 0 aliphatic carbocycles. The normalized spacial score (nSPS) is 17.2. The lowest BCUT2D eigenvalue weighted by Crippen LogP contribution is -2.65. The minimum atomic E-state index is -2.49. The van der Waals surface area contributed by atoms with Gasteiger partial charge in [-0.05, 0) is 28.3 Å². The Hall–Kier alpha value is -2.00. The number of benzene rings is 2. The van der Waals surface area contributed by atoms with E-state index in [2.05, 4.69) is 81.4 Å². The van der Waals surface area contributed by atoms with Crippen LogP contribution < -0.4 is 10.4 Å². The number of rotatable bonds is 4. The molecule has 2 nitrogen and oxygen atoms in total. The third-order valence-electron chi connectivity index (χ3n) is 4.89. The second-order valence-corrected chi connectivity index (χ2v) is 11.9. The Balaban J connectivity index is 2.12. The molecule has 1 fully saturated rings. The molecule has 1 aliphatic heterocycles. The molecule has 25 heavy (non-hydrogen) atoms. The molecule has 0 N–H and O–H groups in total. The highest BCUT2D eigenvalue weighted by atomic mass is 28.4. The van der Waals surface area contributed by atoms with Crippen molar-refractivity contribution in [2.24, 2.45) is 0 Å². The average Bonchev–Trinajstić information content (AvgIpc) is 2.64. The molecule has 1 heterocycles. The van der Waals surface area contributed by atoms with E-state index in [4.69, 9.17) is 9.16 Å². The first-order valence-corrected chi connectivity index (χ1v) is 11.1. The van der Waals surface area contributed by atoms with E-state index in [1.807, 2.05) is 6.26 Å². The van der Waals surface area contributed by atoms with Crippen LogP contribution in [0.15, 0.2) is 72.7 Å². The van der Waals surface area contributed by atoms with Gasteiger partial charge in [0.1, 0.15) is 12.0 Å². The molecule has 0 amide bonds. The van der Waals surface area contributed by atoms with Gasteiger partial charge in [-0.25, -0.2) is 0 Å². The van der Waals surface area contributed by atoms with Crippen LogP contribution in [0.5, 0.6) is 0 Å². The molecule has 132 valence electrons. The van der Waals surface area contributed by atoms with Crippen molar-refractivity contribution in [1.82, 2.24) is 0 Å². The first-order chi connectivity index (χ1) is 12.0. The van der Waals surface area contributed by atoms with Crippen molar-refractivity contribution < 1.29 is 9.16 Å². The zero-order valence-corrected chi connectivity index (χ0v) is 16.5. The maximum absolute atomic E-state index is 6.76. The Morgan fingerprint density at radius 1 is 0.880 bits per heavy atom.